The number of carbonyl (C=O) groups excluding carboxylic acids is 2. The number of imide groups is 1. The van der Waals surface area contributed by atoms with Gasteiger partial charge in [0.05, 0.1) is 6.07 Å². The van der Waals surface area contributed by atoms with Crippen LogP contribution in [0.25, 0.3) is 0 Å². The molecular weight excluding hydrogens is 132 g/mol. The summed E-state index contributed by atoms with van der Waals surface area (Å²) in [4.78, 5) is 22.6. The van der Waals surface area contributed by atoms with E-state index < -0.39 is 17.2 Å². The van der Waals surface area contributed by atoms with Crippen LogP contribution in [0.5, 0.6) is 0 Å². The van der Waals surface area contributed by atoms with E-state index in [0.717, 1.165) is 4.90 Å². The molecule has 0 aromatic rings. The predicted molar refractivity (Wildman–Crippen MR) is 31.5 cm³/mol. The first kappa shape index (κ1) is 6.75. The first-order valence-corrected chi connectivity index (χ1v) is 2.78. The molecule has 1 rings (SSSR count). The number of nitrogens with zero attached hydrogens (tertiary/aromatic N) is 2. The van der Waals surface area contributed by atoms with Crippen LogP contribution in [-0.4, -0.2) is 23.8 Å². The third kappa shape index (κ3) is 0.449. The molecule has 0 N–H and O–H groups in total. The molecule has 4 heteroatoms. The molecule has 0 aromatic carbocycles. The molecule has 0 unspecified atom stereocenters. The van der Waals surface area contributed by atoms with Crippen molar-refractivity contribution in [2.24, 2.45) is 5.41 Å². The van der Waals surface area contributed by atoms with Crippen LogP contribution < -0.4 is 0 Å². The van der Waals surface area contributed by atoms with Crippen molar-refractivity contribution < 1.29 is 9.59 Å². The third-order valence-electron chi connectivity index (χ3n) is 1.69. The second-order valence-electron chi connectivity index (χ2n) is 2.41. The number of amides is 2. The topological polar surface area (TPSA) is 61.2 Å². The number of likely N-dealkylation sites (tertiary alicyclic amines) is 1. The molecule has 0 atom stereocenters. The Bertz CT molecular complexity index is 235. The molecule has 4 nitrogen and oxygen atoms in total. The predicted octanol–water partition coefficient (Wildman–Crippen LogP) is -0.485. The number of β-lactam (4-membered cyclic amide) rings is 2. The molecule has 0 radical (unpaired) electrons. The van der Waals surface area contributed by atoms with Gasteiger partial charge in [-0.3, -0.25) is 14.5 Å². The van der Waals surface area contributed by atoms with Crippen LogP contribution in [0.4, 0.5) is 0 Å². The second-order valence-corrected chi connectivity index (χ2v) is 2.41. The van der Waals surface area contributed by atoms with Gasteiger partial charge >= 0.3 is 0 Å². The maximum absolute atomic E-state index is 10.8. The van der Waals surface area contributed by atoms with Gasteiger partial charge < -0.3 is 0 Å². The Hall–Kier alpha value is -1.37. The highest BCUT2D eigenvalue weighted by Gasteiger charge is 2.56. The molecule has 1 heterocycles. The van der Waals surface area contributed by atoms with Gasteiger partial charge in [-0.2, -0.15) is 5.26 Å². The molecule has 52 valence electrons. The Morgan fingerprint density at radius 3 is 2.10 bits per heavy atom. The molecule has 0 saturated carbocycles. The molecule has 2 amide bonds. The van der Waals surface area contributed by atoms with E-state index in [1.54, 1.807) is 6.07 Å². The summed E-state index contributed by atoms with van der Waals surface area (Å²) < 4.78 is 0. The smallest absolute Gasteiger partial charge is 0.258 e. The van der Waals surface area contributed by atoms with Crippen molar-refractivity contribution in [1.82, 2.24) is 4.90 Å². The maximum Gasteiger partial charge on any atom is 0.258 e. The minimum absolute atomic E-state index is 0.417. The molecule has 1 aliphatic heterocycles. The van der Waals surface area contributed by atoms with Gasteiger partial charge in [0.1, 0.15) is 0 Å². The van der Waals surface area contributed by atoms with Crippen molar-refractivity contribution in [1.29, 1.82) is 5.26 Å². The summed E-state index contributed by atoms with van der Waals surface area (Å²) in [5.74, 6) is -0.833. The van der Waals surface area contributed by atoms with E-state index in [1.165, 1.54) is 14.0 Å². The molecule has 1 fully saturated rings. The second kappa shape index (κ2) is 1.57. The average Bonchev–Trinajstić information content (AvgIpc) is 2.00. The Labute approximate surface area is 58.0 Å². The van der Waals surface area contributed by atoms with Gasteiger partial charge in [0.2, 0.25) is 5.41 Å². The zero-order valence-corrected chi connectivity index (χ0v) is 5.71. The van der Waals surface area contributed by atoms with Crippen molar-refractivity contribution in [3.05, 3.63) is 0 Å². The van der Waals surface area contributed by atoms with Crippen molar-refractivity contribution in [3.63, 3.8) is 0 Å². The monoisotopic (exact) mass is 138 g/mol. The largest absolute Gasteiger partial charge is 0.282 e. The number of carbonyl (C=O) groups is 2. The maximum atomic E-state index is 10.8. The van der Waals surface area contributed by atoms with Gasteiger partial charge in [0.25, 0.3) is 11.8 Å². The number of rotatable bonds is 0. The van der Waals surface area contributed by atoms with Crippen molar-refractivity contribution in [2.75, 3.05) is 7.05 Å². The molecule has 0 spiro atoms. The Morgan fingerprint density at radius 2 is 1.90 bits per heavy atom. The van der Waals surface area contributed by atoms with Gasteiger partial charge in [-0.25, -0.2) is 0 Å². The van der Waals surface area contributed by atoms with Crippen molar-refractivity contribution >= 4 is 11.8 Å². The Balaban J connectivity index is 2.98. The summed E-state index contributed by atoms with van der Waals surface area (Å²) in [6, 6.07) is 1.67. The molecule has 0 bridgehead atoms. The fraction of sp³-hybridized carbons (Fsp3) is 0.500. The van der Waals surface area contributed by atoms with E-state index >= 15 is 0 Å². The van der Waals surface area contributed by atoms with Gasteiger partial charge in [0.15, 0.2) is 0 Å². The lowest BCUT2D eigenvalue weighted by molar-refractivity contribution is -0.168. The van der Waals surface area contributed by atoms with Crippen LogP contribution in [-0.2, 0) is 9.59 Å². The highest BCUT2D eigenvalue weighted by atomic mass is 16.2. The molecule has 10 heavy (non-hydrogen) atoms. The highest BCUT2D eigenvalue weighted by Crippen LogP contribution is 2.30. The first-order chi connectivity index (χ1) is 4.54. The quantitative estimate of drug-likeness (QED) is 0.335. The highest BCUT2D eigenvalue weighted by molar-refractivity contribution is 6.23. The lowest BCUT2D eigenvalue weighted by atomic mass is 9.82. The third-order valence-corrected chi connectivity index (χ3v) is 1.69. The molecule has 0 aromatic heterocycles. The van der Waals surface area contributed by atoms with Gasteiger partial charge in [-0.15, -0.1) is 0 Å². The number of hydrogen-bond acceptors (Lipinski definition) is 3. The van der Waals surface area contributed by atoms with Crippen LogP contribution in [0, 0.1) is 16.7 Å². The molecule has 0 aliphatic carbocycles. The van der Waals surface area contributed by atoms with Crippen LogP contribution in [0.1, 0.15) is 6.92 Å². The summed E-state index contributed by atoms with van der Waals surface area (Å²) >= 11 is 0. The van der Waals surface area contributed by atoms with Crippen molar-refractivity contribution in [3.8, 4) is 6.07 Å². The summed E-state index contributed by atoms with van der Waals surface area (Å²) in [5.41, 5.74) is -1.39. The fourth-order valence-electron chi connectivity index (χ4n) is 0.897. The summed E-state index contributed by atoms with van der Waals surface area (Å²) in [6.45, 7) is 1.33. The number of hydrogen-bond donors (Lipinski definition) is 0. The van der Waals surface area contributed by atoms with Crippen LogP contribution in [0.15, 0.2) is 0 Å². The summed E-state index contributed by atoms with van der Waals surface area (Å²) in [7, 11) is 1.36. The lowest BCUT2D eigenvalue weighted by Gasteiger charge is -2.36. The average molecular weight is 138 g/mol. The SMILES string of the molecule is CN1C(=O)C(C)(C#N)C1=O. The normalized spacial score (nSPS) is 21.9. The first-order valence-electron chi connectivity index (χ1n) is 2.78. The fourth-order valence-corrected chi connectivity index (χ4v) is 0.897. The van der Waals surface area contributed by atoms with Crippen LogP contribution in [0.2, 0.25) is 0 Å². The van der Waals surface area contributed by atoms with E-state index in [9.17, 15) is 9.59 Å². The zero-order chi connectivity index (χ0) is 7.94. The Kier molecular flexibility index (Phi) is 1.06. The van der Waals surface area contributed by atoms with Crippen LogP contribution >= 0.6 is 0 Å². The van der Waals surface area contributed by atoms with E-state index in [-0.39, 0.29) is 0 Å². The van der Waals surface area contributed by atoms with Gasteiger partial charge in [-0.05, 0) is 6.92 Å². The van der Waals surface area contributed by atoms with Gasteiger partial charge in [0, 0.05) is 7.05 Å². The van der Waals surface area contributed by atoms with Gasteiger partial charge in [-0.1, -0.05) is 0 Å². The Morgan fingerprint density at radius 1 is 1.50 bits per heavy atom. The number of nitriles is 1. The molecule has 1 saturated heterocycles. The van der Waals surface area contributed by atoms with E-state index in [4.69, 9.17) is 5.26 Å². The van der Waals surface area contributed by atoms with E-state index in [2.05, 4.69) is 0 Å². The minimum atomic E-state index is -1.39. The van der Waals surface area contributed by atoms with E-state index in [0.29, 0.717) is 0 Å². The summed E-state index contributed by atoms with van der Waals surface area (Å²) in [5, 5.41) is 8.39. The zero-order valence-electron chi connectivity index (χ0n) is 5.71. The molecule has 1 aliphatic rings. The molecular formula is C6H6N2O2. The minimum Gasteiger partial charge on any atom is -0.282 e. The summed E-state index contributed by atoms with van der Waals surface area (Å²) in [6.07, 6.45) is 0. The van der Waals surface area contributed by atoms with Crippen molar-refractivity contribution in [2.45, 2.75) is 6.92 Å². The van der Waals surface area contributed by atoms with E-state index in [1.807, 2.05) is 0 Å². The van der Waals surface area contributed by atoms with Crippen LogP contribution in [0.3, 0.4) is 0 Å². The lowest BCUT2D eigenvalue weighted by Crippen LogP contribution is -2.62. The standard InChI is InChI=1S/C6H6N2O2/c1-6(3-7)4(9)8(2)5(6)10/h1-2H3.